The molecule has 0 atom stereocenters. The maximum Gasteiger partial charge on any atom is 0.227 e. The van der Waals surface area contributed by atoms with E-state index < -0.39 is 5.82 Å². The van der Waals surface area contributed by atoms with Crippen LogP contribution in [-0.2, 0) is 0 Å². The summed E-state index contributed by atoms with van der Waals surface area (Å²) in [5, 5.41) is -0.0156. The number of aryl methyl sites for hydroxylation is 1. The second-order valence-corrected chi connectivity index (χ2v) is 4.28. The largest absolute Gasteiger partial charge is 0.438 e. The van der Waals surface area contributed by atoms with E-state index in [1.165, 1.54) is 18.2 Å². The standard InChI is InChI=1S/C12H12ClFN4O/c1-6-11(18-15)16-7(2)17-12(6)19-8-3-4-10(14)9(13)5-8/h3-5H,15H2,1-2H3,(H,16,17,18). The van der Waals surface area contributed by atoms with Gasteiger partial charge in [-0.25, -0.2) is 15.2 Å². The van der Waals surface area contributed by atoms with E-state index in [2.05, 4.69) is 15.4 Å². The predicted molar refractivity (Wildman–Crippen MR) is 70.8 cm³/mol. The predicted octanol–water partition coefficient (Wildman–Crippen LogP) is 2.96. The Balaban J connectivity index is 2.37. The summed E-state index contributed by atoms with van der Waals surface area (Å²) in [6.07, 6.45) is 0. The number of hydrogen-bond acceptors (Lipinski definition) is 5. The fourth-order valence-electron chi connectivity index (χ4n) is 1.49. The van der Waals surface area contributed by atoms with Crippen molar-refractivity contribution in [3.8, 4) is 11.6 Å². The van der Waals surface area contributed by atoms with Gasteiger partial charge in [-0.15, -0.1) is 0 Å². The molecule has 19 heavy (non-hydrogen) atoms. The second kappa shape index (κ2) is 5.38. The number of anilines is 1. The van der Waals surface area contributed by atoms with Crippen LogP contribution in [0.2, 0.25) is 5.02 Å². The maximum absolute atomic E-state index is 13.1. The number of nitrogens with zero attached hydrogens (tertiary/aromatic N) is 2. The number of nitrogen functional groups attached to an aromatic ring is 1. The van der Waals surface area contributed by atoms with Gasteiger partial charge in [-0.05, 0) is 26.0 Å². The van der Waals surface area contributed by atoms with Crippen molar-refractivity contribution < 1.29 is 9.13 Å². The summed E-state index contributed by atoms with van der Waals surface area (Å²) in [7, 11) is 0. The molecule has 0 saturated heterocycles. The van der Waals surface area contributed by atoms with Crippen LogP contribution in [0.3, 0.4) is 0 Å². The van der Waals surface area contributed by atoms with Crippen molar-refractivity contribution in [2.24, 2.45) is 5.84 Å². The Morgan fingerprint density at radius 1 is 1.32 bits per heavy atom. The van der Waals surface area contributed by atoms with E-state index in [1.54, 1.807) is 13.8 Å². The van der Waals surface area contributed by atoms with Gasteiger partial charge in [0.2, 0.25) is 5.88 Å². The highest BCUT2D eigenvalue weighted by atomic mass is 35.5. The highest BCUT2D eigenvalue weighted by Gasteiger charge is 2.11. The summed E-state index contributed by atoms with van der Waals surface area (Å²) < 4.78 is 18.6. The second-order valence-electron chi connectivity index (χ2n) is 3.87. The van der Waals surface area contributed by atoms with Crippen molar-refractivity contribution in [3.05, 3.63) is 40.4 Å². The van der Waals surface area contributed by atoms with E-state index in [9.17, 15) is 4.39 Å². The molecule has 0 bridgehead atoms. The lowest BCUT2D eigenvalue weighted by Crippen LogP contribution is -2.12. The third-order valence-electron chi connectivity index (χ3n) is 2.46. The third-order valence-corrected chi connectivity index (χ3v) is 2.74. The normalized spacial score (nSPS) is 10.4. The molecule has 100 valence electrons. The number of nitrogens with one attached hydrogen (secondary N) is 1. The first kappa shape index (κ1) is 13.5. The molecule has 0 aliphatic heterocycles. The van der Waals surface area contributed by atoms with Crippen molar-refractivity contribution in [1.82, 2.24) is 9.97 Å². The third kappa shape index (κ3) is 2.91. The summed E-state index contributed by atoms with van der Waals surface area (Å²) in [6, 6.07) is 4.07. The molecular weight excluding hydrogens is 271 g/mol. The number of nitrogens with two attached hydrogens (primary N) is 1. The minimum atomic E-state index is -0.506. The van der Waals surface area contributed by atoms with E-state index in [-0.39, 0.29) is 5.02 Å². The molecule has 0 aliphatic rings. The Hall–Kier alpha value is -1.92. The first-order valence-electron chi connectivity index (χ1n) is 5.46. The molecule has 0 spiro atoms. The van der Waals surface area contributed by atoms with Crippen LogP contribution in [0, 0.1) is 19.7 Å². The average Bonchev–Trinajstić information content (AvgIpc) is 2.37. The minimum Gasteiger partial charge on any atom is -0.438 e. The van der Waals surface area contributed by atoms with Crippen LogP contribution >= 0.6 is 11.6 Å². The number of hydrazine groups is 1. The van der Waals surface area contributed by atoms with Crippen LogP contribution in [0.5, 0.6) is 11.6 Å². The van der Waals surface area contributed by atoms with Gasteiger partial charge in [-0.1, -0.05) is 11.6 Å². The molecule has 1 heterocycles. The van der Waals surface area contributed by atoms with Gasteiger partial charge in [-0.3, -0.25) is 0 Å². The molecule has 0 unspecified atom stereocenters. The fraction of sp³-hybridized carbons (Fsp3) is 0.167. The SMILES string of the molecule is Cc1nc(NN)c(C)c(Oc2ccc(F)c(Cl)c2)n1. The van der Waals surface area contributed by atoms with Gasteiger partial charge in [0.1, 0.15) is 23.2 Å². The summed E-state index contributed by atoms with van der Waals surface area (Å²) in [4.78, 5) is 8.27. The number of halogens is 2. The zero-order chi connectivity index (χ0) is 14.0. The highest BCUT2D eigenvalue weighted by molar-refractivity contribution is 6.30. The number of rotatable bonds is 3. The molecule has 0 radical (unpaired) electrons. The molecular formula is C12H12ClFN4O. The first-order chi connectivity index (χ1) is 9.01. The molecule has 7 heteroatoms. The number of hydrogen-bond donors (Lipinski definition) is 2. The molecule has 1 aromatic heterocycles. The lowest BCUT2D eigenvalue weighted by Gasteiger charge is -2.11. The molecule has 5 nitrogen and oxygen atoms in total. The lowest BCUT2D eigenvalue weighted by molar-refractivity contribution is 0.454. The summed E-state index contributed by atoms with van der Waals surface area (Å²) >= 11 is 5.69. The monoisotopic (exact) mass is 282 g/mol. The molecule has 2 aromatic rings. The van der Waals surface area contributed by atoms with Gasteiger partial charge in [0, 0.05) is 6.07 Å². The minimum absolute atomic E-state index is 0.0156. The molecule has 0 saturated carbocycles. The van der Waals surface area contributed by atoms with Gasteiger partial charge in [0.15, 0.2) is 0 Å². The molecule has 3 N–H and O–H groups in total. The van der Waals surface area contributed by atoms with Gasteiger partial charge in [0.25, 0.3) is 0 Å². The van der Waals surface area contributed by atoms with Crippen LogP contribution < -0.4 is 16.0 Å². The van der Waals surface area contributed by atoms with Gasteiger partial charge >= 0.3 is 0 Å². The Morgan fingerprint density at radius 3 is 2.68 bits per heavy atom. The summed E-state index contributed by atoms with van der Waals surface area (Å²) in [6.45, 7) is 3.47. The number of benzene rings is 1. The van der Waals surface area contributed by atoms with Crippen LogP contribution in [-0.4, -0.2) is 9.97 Å². The molecule has 2 rings (SSSR count). The van der Waals surface area contributed by atoms with Crippen LogP contribution in [0.1, 0.15) is 11.4 Å². The van der Waals surface area contributed by atoms with Crippen molar-refractivity contribution in [2.45, 2.75) is 13.8 Å². The van der Waals surface area contributed by atoms with E-state index in [0.29, 0.717) is 28.8 Å². The van der Waals surface area contributed by atoms with E-state index in [4.69, 9.17) is 22.2 Å². The summed E-state index contributed by atoms with van der Waals surface area (Å²) in [5.74, 6) is 6.54. The average molecular weight is 283 g/mol. The number of ether oxygens (including phenoxy) is 1. The van der Waals surface area contributed by atoms with Crippen LogP contribution in [0.4, 0.5) is 10.2 Å². The maximum atomic E-state index is 13.1. The Kier molecular flexibility index (Phi) is 3.82. The first-order valence-corrected chi connectivity index (χ1v) is 5.84. The molecule has 0 fully saturated rings. The van der Waals surface area contributed by atoms with E-state index in [0.717, 1.165) is 0 Å². The van der Waals surface area contributed by atoms with Gasteiger partial charge in [0.05, 0.1) is 10.6 Å². The highest BCUT2D eigenvalue weighted by Crippen LogP contribution is 2.29. The zero-order valence-corrected chi connectivity index (χ0v) is 11.1. The Labute approximate surface area is 114 Å². The fourth-order valence-corrected chi connectivity index (χ4v) is 1.67. The Morgan fingerprint density at radius 2 is 2.05 bits per heavy atom. The quantitative estimate of drug-likeness (QED) is 0.669. The van der Waals surface area contributed by atoms with Crippen molar-refractivity contribution in [1.29, 1.82) is 0 Å². The number of aromatic nitrogens is 2. The van der Waals surface area contributed by atoms with Gasteiger partial charge in [-0.2, -0.15) is 4.98 Å². The summed E-state index contributed by atoms with van der Waals surface area (Å²) in [5.41, 5.74) is 3.11. The van der Waals surface area contributed by atoms with Crippen molar-refractivity contribution in [3.63, 3.8) is 0 Å². The Bertz CT molecular complexity index is 621. The molecule has 0 amide bonds. The van der Waals surface area contributed by atoms with Crippen molar-refractivity contribution >= 4 is 17.4 Å². The van der Waals surface area contributed by atoms with E-state index in [1.807, 2.05) is 0 Å². The van der Waals surface area contributed by atoms with Crippen LogP contribution in [0.15, 0.2) is 18.2 Å². The topological polar surface area (TPSA) is 73.1 Å². The zero-order valence-electron chi connectivity index (χ0n) is 10.4. The lowest BCUT2D eigenvalue weighted by atomic mass is 10.3. The molecule has 1 aromatic carbocycles. The molecule has 0 aliphatic carbocycles. The van der Waals surface area contributed by atoms with Crippen LogP contribution in [0.25, 0.3) is 0 Å². The van der Waals surface area contributed by atoms with Crippen molar-refractivity contribution in [2.75, 3.05) is 5.43 Å². The smallest absolute Gasteiger partial charge is 0.227 e. The van der Waals surface area contributed by atoms with E-state index >= 15 is 0 Å². The van der Waals surface area contributed by atoms with Gasteiger partial charge < -0.3 is 10.2 Å².